The molecule has 1 atom stereocenters. The van der Waals surface area contributed by atoms with Crippen LogP contribution in [0.5, 0.6) is 0 Å². The zero-order valence-corrected chi connectivity index (χ0v) is 15.5. The second-order valence-electron chi connectivity index (χ2n) is 6.06. The van der Waals surface area contributed by atoms with Crippen molar-refractivity contribution >= 4 is 34.7 Å². The lowest BCUT2D eigenvalue weighted by Gasteiger charge is -2.22. The molecule has 1 amide bonds. The minimum Gasteiger partial charge on any atom is -0.444 e. The number of nitrogens with zero attached hydrogens (tertiary/aromatic N) is 2. The van der Waals surface area contributed by atoms with Crippen molar-refractivity contribution in [2.75, 3.05) is 10.7 Å². The smallest absolute Gasteiger partial charge is 0.237 e. The normalized spacial score (nSPS) is 16.2. The Bertz CT molecular complexity index is 873. The molecule has 1 aliphatic heterocycles. The first-order valence-corrected chi connectivity index (χ1v) is 10.2. The Hall–Kier alpha value is -2.05. The number of thiophene rings is 1. The Morgan fingerprint density at radius 3 is 3.08 bits per heavy atom. The standard InChI is InChI=1S/C19H18N2O2S2/c1-13-9-14-5-2-3-6-16(14)21(13)18(22)12-24-11-15-10-23-19(20-15)17-7-4-8-25-17/h2-8,10,13H,9,11-12H2,1H3. The number of hydrogen-bond donors (Lipinski definition) is 0. The van der Waals surface area contributed by atoms with Crippen LogP contribution in [0.2, 0.25) is 0 Å². The van der Waals surface area contributed by atoms with Crippen LogP contribution >= 0.6 is 23.1 Å². The summed E-state index contributed by atoms with van der Waals surface area (Å²) in [5, 5.41) is 2.00. The molecule has 25 heavy (non-hydrogen) atoms. The summed E-state index contributed by atoms with van der Waals surface area (Å²) >= 11 is 3.18. The van der Waals surface area contributed by atoms with Crippen LogP contribution < -0.4 is 4.90 Å². The second-order valence-corrected chi connectivity index (χ2v) is 7.99. The van der Waals surface area contributed by atoms with E-state index in [4.69, 9.17) is 4.42 Å². The van der Waals surface area contributed by atoms with Gasteiger partial charge in [0, 0.05) is 17.5 Å². The van der Waals surface area contributed by atoms with Gasteiger partial charge < -0.3 is 9.32 Å². The zero-order valence-electron chi connectivity index (χ0n) is 13.8. The maximum atomic E-state index is 12.7. The summed E-state index contributed by atoms with van der Waals surface area (Å²) in [6, 6.07) is 12.4. The van der Waals surface area contributed by atoms with E-state index in [1.807, 2.05) is 40.6 Å². The largest absolute Gasteiger partial charge is 0.444 e. The first kappa shape index (κ1) is 16.4. The molecule has 6 heteroatoms. The van der Waals surface area contributed by atoms with Crippen molar-refractivity contribution in [1.29, 1.82) is 0 Å². The van der Waals surface area contributed by atoms with Gasteiger partial charge in [-0.2, -0.15) is 0 Å². The minimum atomic E-state index is 0.157. The summed E-state index contributed by atoms with van der Waals surface area (Å²) in [6.45, 7) is 2.10. The summed E-state index contributed by atoms with van der Waals surface area (Å²) < 4.78 is 5.52. The topological polar surface area (TPSA) is 46.3 Å². The molecule has 1 aliphatic rings. The molecule has 0 saturated heterocycles. The first-order valence-electron chi connectivity index (χ1n) is 8.18. The van der Waals surface area contributed by atoms with Crippen molar-refractivity contribution in [2.45, 2.75) is 25.1 Å². The first-order chi connectivity index (χ1) is 12.2. The van der Waals surface area contributed by atoms with Gasteiger partial charge in [0.2, 0.25) is 11.8 Å². The molecule has 0 spiro atoms. The third-order valence-corrected chi connectivity index (χ3v) is 6.04. The zero-order chi connectivity index (χ0) is 17.2. The van der Waals surface area contributed by atoms with E-state index in [1.165, 1.54) is 5.56 Å². The lowest BCUT2D eigenvalue weighted by Crippen LogP contribution is -2.37. The molecule has 3 heterocycles. The number of para-hydroxylation sites is 1. The average Bonchev–Trinajstić information content (AvgIpc) is 3.33. The molecule has 1 aromatic carbocycles. The highest BCUT2D eigenvalue weighted by Crippen LogP contribution is 2.32. The predicted molar refractivity (Wildman–Crippen MR) is 103 cm³/mol. The van der Waals surface area contributed by atoms with Crippen molar-refractivity contribution in [3.05, 3.63) is 59.3 Å². The predicted octanol–water partition coefficient (Wildman–Crippen LogP) is 4.61. The number of benzene rings is 1. The number of aromatic nitrogens is 1. The van der Waals surface area contributed by atoms with Gasteiger partial charge in [-0.15, -0.1) is 23.1 Å². The molecule has 0 N–H and O–H groups in total. The molecule has 4 nitrogen and oxygen atoms in total. The lowest BCUT2D eigenvalue weighted by atomic mass is 10.1. The molecule has 0 bridgehead atoms. The van der Waals surface area contributed by atoms with Gasteiger partial charge in [0.15, 0.2) is 0 Å². The fraction of sp³-hybridized carbons (Fsp3) is 0.263. The van der Waals surface area contributed by atoms with Gasteiger partial charge in [0.1, 0.15) is 6.26 Å². The van der Waals surface area contributed by atoms with E-state index >= 15 is 0 Å². The van der Waals surface area contributed by atoms with E-state index in [1.54, 1.807) is 29.4 Å². The number of rotatable bonds is 5. The number of thioether (sulfide) groups is 1. The maximum absolute atomic E-state index is 12.7. The van der Waals surface area contributed by atoms with Gasteiger partial charge >= 0.3 is 0 Å². The third-order valence-electron chi connectivity index (χ3n) is 4.24. The van der Waals surface area contributed by atoms with Gasteiger partial charge in [-0.05, 0) is 36.4 Å². The van der Waals surface area contributed by atoms with Crippen LogP contribution in [0.4, 0.5) is 5.69 Å². The van der Waals surface area contributed by atoms with Gasteiger partial charge in [-0.25, -0.2) is 4.98 Å². The molecule has 2 aromatic heterocycles. The highest BCUT2D eigenvalue weighted by atomic mass is 32.2. The highest BCUT2D eigenvalue weighted by molar-refractivity contribution is 7.99. The minimum absolute atomic E-state index is 0.157. The Morgan fingerprint density at radius 1 is 1.36 bits per heavy atom. The van der Waals surface area contributed by atoms with Crippen LogP contribution in [0.25, 0.3) is 10.8 Å². The van der Waals surface area contributed by atoms with Gasteiger partial charge in [-0.1, -0.05) is 24.3 Å². The SMILES string of the molecule is CC1Cc2ccccc2N1C(=O)CSCc1coc(-c2cccs2)n1. The molecule has 4 rings (SSSR count). The summed E-state index contributed by atoms with van der Waals surface area (Å²) in [6.07, 6.45) is 2.61. The molecular weight excluding hydrogens is 352 g/mol. The number of carbonyl (C=O) groups is 1. The Labute approximate surface area is 154 Å². The Morgan fingerprint density at radius 2 is 2.24 bits per heavy atom. The van der Waals surface area contributed by atoms with Gasteiger partial charge in [0.05, 0.1) is 16.3 Å². The Balaban J connectivity index is 1.35. The van der Waals surface area contributed by atoms with Crippen LogP contribution in [0, 0.1) is 0 Å². The van der Waals surface area contributed by atoms with Crippen molar-refractivity contribution < 1.29 is 9.21 Å². The molecule has 0 fully saturated rings. The summed E-state index contributed by atoms with van der Waals surface area (Å²) in [5.74, 6) is 1.92. The number of carbonyl (C=O) groups excluding carboxylic acids is 1. The summed E-state index contributed by atoms with van der Waals surface area (Å²) in [4.78, 5) is 20.1. The fourth-order valence-electron chi connectivity index (χ4n) is 3.14. The maximum Gasteiger partial charge on any atom is 0.237 e. The van der Waals surface area contributed by atoms with Crippen LogP contribution in [0.3, 0.4) is 0 Å². The molecule has 128 valence electrons. The monoisotopic (exact) mass is 370 g/mol. The summed E-state index contributed by atoms with van der Waals surface area (Å²) in [7, 11) is 0. The number of hydrogen-bond acceptors (Lipinski definition) is 5. The number of fused-ring (bicyclic) bond motifs is 1. The molecule has 0 radical (unpaired) electrons. The third kappa shape index (κ3) is 3.37. The van der Waals surface area contributed by atoms with Crippen LogP contribution in [-0.4, -0.2) is 22.7 Å². The second kappa shape index (κ2) is 7.06. The van der Waals surface area contributed by atoms with E-state index in [0.717, 1.165) is 22.7 Å². The number of oxazole rings is 1. The van der Waals surface area contributed by atoms with Crippen LogP contribution in [0.15, 0.2) is 52.5 Å². The fourth-order valence-corrected chi connectivity index (χ4v) is 4.56. The van der Waals surface area contributed by atoms with E-state index in [9.17, 15) is 4.79 Å². The molecule has 0 aliphatic carbocycles. The lowest BCUT2D eigenvalue weighted by molar-refractivity contribution is -0.116. The average molecular weight is 370 g/mol. The van der Waals surface area contributed by atoms with E-state index in [0.29, 0.717) is 17.4 Å². The van der Waals surface area contributed by atoms with Gasteiger partial charge in [0.25, 0.3) is 0 Å². The van der Waals surface area contributed by atoms with E-state index in [-0.39, 0.29) is 11.9 Å². The van der Waals surface area contributed by atoms with E-state index < -0.39 is 0 Å². The van der Waals surface area contributed by atoms with Crippen LogP contribution in [-0.2, 0) is 17.0 Å². The van der Waals surface area contributed by atoms with Crippen molar-refractivity contribution in [1.82, 2.24) is 4.98 Å². The number of amides is 1. The number of anilines is 1. The molecular formula is C19H18N2O2S2. The van der Waals surface area contributed by atoms with Crippen molar-refractivity contribution in [2.24, 2.45) is 0 Å². The molecule has 1 unspecified atom stereocenters. The van der Waals surface area contributed by atoms with E-state index in [2.05, 4.69) is 18.0 Å². The Kier molecular flexibility index (Phi) is 4.63. The molecule has 0 saturated carbocycles. The van der Waals surface area contributed by atoms with Crippen molar-refractivity contribution in [3.8, 4) is 10.8 Å². The highest BCUT2D eigenvalue weighted by Gasteiger charge is 2.30. The molecule has 3 aromatic rings. The quantitative estimate of drug-likeness (QED) is 0.658. The van der Waals surface area contributed by atoms with Crippen LogP contribution in [0.1, 0.15) is 18.2 Å². The van der Waals surface area contributed by atoms with Gasteiger partial charge in [-0.3, -0.25) is 4.79 Å². The van der Waals surface area contributed by atoms with Crippen molar-refractivity contribution in [3.63, 3.8) is 0 Å². The summed E-state index contributed by atoms with van der Waals surface area (Å²) in [5.41, 5.74) is 3.18.